The predicted molar refractivity (Wildman–Crippen MR) is 171 cm³/mol. The van der Waals surface area contributed by atoms with Crippen LogP contribution in [0.4, 0.5) is 5.69 Å². The number of fused-ring (bicyclic) bond motifs is 1. The summed E-state index contributed by atoms with van der Waals surface area (Å²) in [6, 6.07) is 14.7. The third-order valence-corrected chi connectivity index (χ3v) is 8.69. The number of hydrogen-bond donors (Lipinski definition) is 3. The highest BCUT2D eigenvalue weighted by atomic mass is 35.5. The standard InChI is InChI=1S/C33H33ClN6O5/c1-18-21(6-5-9-25(18)38-31(42)24-12-13-36-40(2)33(24)43)22-7-4-8-23(30(22)34)27-14-19-10-11-26(29(19)32(39-27)44-3)35-15-20-16-45-17-28(41)37-20/h4-9,12-14,20,26,35H,10-11,15-17H2,1-3H3,(H,37,41)(H,38,42)/t20-,26+/m1/s1. The van der Waals surface area contributed by atoms with E-state index < -0.39 is 11.5 Å². The molecule has 0 radical (unpaired) electrons. The van der Waals surface area contributed by atoms with Gasteiger partial charge in [0.1, 0.15) is 12.2 Å². The van der Waals surface area contributed by atoms with Gasteiger partial charge in [0.15, 0.2) is 0 Å². The van der Waals surface area contributed by atoms with E-state index in [0.717, 1.165) is 50.9 Å². The van der Waals surface area contributed by atoms with Gasteiger partial charge < -0.3 is 25.4 Å². The molecule has 12 heteroatoms. The van der Waals surface area contributed by atoms with Gasteiger partial charge in [0.25, 0.3) is 11.5 Å². The van der Waals surface area contributed by atoms with Gasteiger partial charge >= 0.3 is 0 Å². The Morgan fingerprint density at radius 2 is 1.93 bits per heavy atom. The van der Waals surface area contributed by atoms with Gasteiger partial charge in [-0.15, -0.1) is 0 Å². The quantitative estimate of drug-likeness (QED) is 0.268. The van der Waals surface area contributed by atoms with Crippen molar-refractivity contribution in [3.05, 3.63) is 92.4 Å². The van der Waals surface area contributed by atoms with E-state index in [1.165, 1.54) is 19.3 Å². The molecule has 2 atom stereocenters. The van der Waals surface area contributed by atoms with E-state index in [9.17, 15) is 14.4 Å². The van der Waals surface area contributed by atoms with E-state index in [-0.39, 0.29) is 30.2 Å². The molecule has 4 aromatic rings. The van der Waals surface area contributed by atoms with Gasteiger partial charge in [-0.25, -0.2) is 9.67 Å². The van der Waals surface area contributed by atoms with Crippen LogP contribution >= 0.6 is 11.6 Å². The van der Waals surface area contributed by atoms with Crippen LogP contribution in [0.5, 0.6) is 5.88 Å². The molecule has 3 N–H and O–H groups in total. The number of halogens is 1. The van der Waals surface area contributed by atoms with Crippen LogP contribution in [0.1, 0.15) is 39.5 Å². The third-order valence-electron chi connectivity index (χ3n) is 8.28. The molecule has 1 aliphatic carbocycles. The Kier molecular flexibility index (Phi) is 8.66. The Morgan fingerprint density at radius 1 is 1.16 bits per heavy atom. The fourth-order valence-electron chi connectivity index (χ4n) is 5.97. The molecule has 1 aliphatic heterocycles. The van der Waals surface area contributed by atoms with Gasteiger partial charge in [-0.2, -0.15) is 5.10 Å². The molecule has 6 rings (SSSR count). The highest BCUT2D eigenvalue weighted by Gasteiger charge is 2.30. The minimum absolute atomic E-state index is 0.00109. The molecule has 2 amide bonds. The van der Waals surface area contributed by atoms with Crippen LogP contribution in [-0.4, -0.2) is 59.5 Å². The average molecular weight is 629 g/mol. The van der Waals surface area contributed by atoms with Crippen molar-refractivity contribution in [2.75, 3.05) is 32.2 Å². The molecule has 45 heavy (non-hydrogen) atoms. The fourth-order valence-corrected chi connectivity index (χ4v) is 6.30. The van der Waals surface area contributed by atoms with E-state index in [1.807, 2.05) is 37.3 Å². The van der Waals surface area contributed by atoms with Crippen molar-refractivity contribution in [1.29, 1.82) is 0 Å². The van der Waals surface area contributed by atoms with Crippen molar-refractivity contribution in [1.82, 2.24) is 25.4 Å². The summed E-state index contributed by atoms with van der Waals surface area (Å²) in [6.45, 7) is 3.05. The average Bonchev–Trinajstić information content (AvgIpc) is 3.45. The molecular weight excluding hydrogens is 596 g/mol. The zero-order chi connectivity index (χ0) is 31.7. The summed E-state index contributed by atoms with van der Waals surface area (Å²) < 4.78 is 12.3. The van der Waals surface area contributed by atoms with Crippen LogP contribution in [0, 0.1) is 6.92 Å². The van der Waals surface area contributed by atoms with Gasteiger partial charge in [-0.05, 0) is 54.7 Å². The minimum Gasteiger partial charge on any atom is -0.481 e. The highest BCUT2D eigenvalue weighted by molar-refractivity contribution is 6.36. The molecule has 1 fully saturated rings. The molecule has 11 nitrogen and oxygen atoms in total. The van der Waals surface area contributed by atoms with Gasteiger partial charge in [0.05, 0.1) is 30.5 Å². The Labute approximate surface area is 264 Å². The normalized spacial score (nSPS) is 17.5. The lowest BCUT2D eigenvalue weighted by atomic mass is 9.96. The first kappa shape index (κ1) is 30.4. The molecule has 3 heterocycles. The van der Waals surface area contributed by atoms with Crippen molar-refractivity contribution in [3.63, 3.8) is 0 Å². The second-order valence-electron chi connectivity index (χ2n) is 11.1. The topological polar surface area (TPSA) is 136 Å². The molecule has 2 aromatic heterocycles. The van der Waals surface area contributed by atoms with Crippen LogP contribution in [-0.2, 0) is 23.0 Å². The van der Waals surface area contributed by atoms with Crippen molar-refractivity contribution >= 4 is 29.1 Å². The number of anilines is 1. The first-order valence-electron chi connectivity index (χ1n) is 14.7. The SMILES string of the molecule is COc1nc(-c2cccc(-c3cccc(NC(=O)c4ccnn(C)c4=O)c3C)c2Cl)cc2c1[C@@H](NC[C@@H]1COCC(=O)N1)CC2. The third kappa shape index (κ3) is 6.06. The number of hydrogen-bond acceptors (Lipinski definition) is 8. The minimum atomic E-state index is -0.517. The predicted octanol–water partition coefficient (Wildman–Crippen LogP) is 3.82. The lowest BCUT2D eigenvalue weighted by Crippen LogP contribution is -2.50. The Morgan fingerprint density at radius 3 is 2.73 bits per heavy atom. The number of carbonyl (C=O) groups excluding carboxylic acids is 2. The number of methoxy groups -OCH3 is 1. The molecule has 2 aliphatic rings. The van der Waals surface area contributed by atoms with Crippen LogP contribution in [0.3, 0.4) is 0 Å². The maximum atomic E-state index is 13.0. The highest BCUT2D eigenvalue weighted by Crippen LogP contribution is 2.43. The molecule has 232 valence electrons. The van der Waals surface area contributed by atoms with Gasteiger partial charge in [0.2, 0.25) is 11.8 Å². The lowest BCUT2D eigenvalue weighted by molar-refractivity contribution is -0.131. The first-order valence-corrected chi connectivity index (χ1v) is 15.0. The number of benzene rings is 2. The number of carbonyl (C=O) groups is 2. The lowest BCUT2D eigenvalue weighted by Gasteiger charge is -2.26. The Bertz CT molecular complexity index is 1860. The number of nitrogens with zero attached hydrogens (tertiary/aromatic N) is 3. The van der Waals surface area contributed by atoms with Crippen molar-refractivity contribution in [3.8, 4) is 28.3 Å². The second-order valence-corrected chi connectivity index (χ2v) is 11.5. The summed E-state index contributed by atoms with van der Waals surface area (Å²) >= 11 is 7.09. The molecule has 0 spiro atoms. The van der Waals surface area contributed by atoms with E-state index in [1.54, 1.807) is 13.2 Å². The summed E-state index contributed by atoms with van der Waals surface area (Å²) in [5.41, 5.74) is 6.08. The fraction of sp³-hybridized carbons (Fsp3) is 0.303. The molecule has 0 saturated carbocycles. The van der Waals surface area contributed by atoms with Gasteiger partial charge in [0, 0.05) is 48.2 Å². The Balaban J connectivity index is 1.28. The zero-order valence-electron chi connectivity index (χ0n) is 25.1. The molecule has 1 saturated heterocycles. The number of aromatic nitrogens is 3. The smallest absolute Gasteiger partial charge is 0.279 e. The number of ether oxygens (including phenoxy) is 2. The van der Waals surface area contributed by atoms with Crippen molar-refractivity contribution in [2.24, 2.45) is 7.05 Å². The maximum absolute atomic E-state index is 13.0. The maximum Gasteiger partial charge on any atom is 0.279 e. The first-order chi connectivity index (χ1) is 21.7. The number of rotatable bonds is 8. The molecule has 2 aromatic carbocycles. The van der Waals surface area contributed by atoms with Crippen molar-refractivity contribution < 1.29 is 19.1 Å². The second kappa shape index (κ2) is 12.8. The van der Waals surface area contributed by atoms with Crippen LogP contribution in [0.2, 0.25) is 5.02 Å². The summed E-state index contributed by atoms with van der Waals surface area (Å²) in [5, 5.41) is 13.8. The summed E-state index contributed by atoms with van der Waals surface area (Å²) in [7, 11) is 3.11. The van der Waals surface area contributed by atoms with Gasteiger partial charge in [-0.1, -0.05) is 41.9 Å². The van der Waals surface area contributed by atoms with Crippen LogP contribution < -0.4 is 26.2 Å². The van der Waals surface area contributed by atoms with E-state index in [0.29, 0.717) is 35.4 Å². The molecule has 0 unspecified atom stereocenters. The van der Waals surface area contributed by atoms with Crippen LogP contribution in [0.15, 0.2) is 59.5 Å². The van der Waals surface area contributed by atoms with E-state index in [4.69, 9.17) is 26.1 Å². The number of morpholine rings is 1. The summed E-state index contributed by atoms with van der Waals surface area (Å²) in [5.74, 6) is -0.0882. The zero-order valence-corrected chi connectivity index (χ0v) is 25.9. The van der Waals surface area contributed by atoms with E-state index in [2.05, 4.69) is 27.1 Å². The molecule has 0 bridgehead atoms. The van der Waals surface area contributed by atoms with E-state index >= 15 is 0 Å². The number of amides is 2. The largest absolute Gasteiger partial charge is 0.481 e. The number of aryl methyl sites for hydroxylation is 2. The monoisotopic (exact) mass is 628 g/mol. The number of pyridine rings is 1. The molecular formula is C33H33ClN6O5. The Hall–Kier alpha value is -4.58. The van der Waals surface area contributed by atoms with Gasteiger partial charge in [-0.3, -0.25) is 14.4 Å². The summed E-state index contributed by atoms with van der Waals surface area (Å²) in [4.78, 5) is 42.0. The number of nitrogens with one attached hydrogen (secondary N) is 3. The van der Waals surface area contributed by atoms with Crippen molar-refractivity contribution in [2.45, 2.75) is 31.8 Å². The summed E-state index contributed by atoms with van der Waals surface area (Å²) in [6.07, 6.45) is 3.12. The van der Waals surface area contributed by atoms with Crippen LogP contribution in [0.25, 0.3) is 22.4 Å².